The van der Waals surface area contributed by atoms with Crippen molar-refractivity contribution >= 4 is 34.6 Å². The molecule has 11 heteroatoms. The van der Waals surface area contributed by atoms with Gasteiger partial charge in [0, 0.05) is 17.7 Å². The third-order valence-corrected chi connectivity index (χ3v) is 5.14. The number of hydrogen-bond acceptors (Lipinski definition) is 5. The number of aromatic nitrogens is 2. The Morgan fingerprint density at radius 3 is 2.30 bits per heavy atom. The minimum atomic E-state index is -1.82. The van der Waals surface area contributed by atoms with Gasteiger partial charge in [-0.2, -0.15) is 0 Å². The summed E-state index contributed by atoms with van der Waals surface area (Å²) in [5.41, 5.74) is 2.25. The number of rotatable bonds is 4. The number of likely N-dealkylation sites (tertiary alicyclic amines) is 1. The zero-order valence-corrected chi connectivity index (χ0v) is 17.4. The molecular weight excluding hydrogens is 438 g/mol. The summed E-state index contributed by atoms with van der Waals surface area (Å²) >= 11 is 0. The standard InChI is InChI=1S/C20H20F2N4O.C2H2O4/c21-15-6-5-14(11-16(15)22)23-20(27)13-7-9-26(10-8-13)12-19-24-17-3-1-2-4-18(17)25-19;3-1(4)2(5)6/h1-6,11,13H,7-10,12H2,(H,23,27)(H,24,25);(H,3,4)(H,5,6). The number of carbonyl (C=O) groups excluding carboxylic acids is 1. The lowest BCUT2D eigenvalue weighted by molar-refractivity contribution is -0.159. The number of H-pyrrole nitrogens is 1. The Labute approximate surface area is 187 Å². The molecule has 0 radical (unpaired) electrons. The van der Waals surface area contributed by atoms with E-state index in [0.717, 1.165) is 54.9 Å². The van der Waals surface area contributed by atoms with Crippen molar-refractivity contribution in [1.82, 2.24) is 14.9 Å². The van der Waals surface area contributed by atoms with Crippen molar-refractivity contribution in [3.8, 4) is 0 Å². The molecule has 0 aliphatic carbocycles. The average Bonchev–Trinajstić information content (AvgIpc) is 3.19. The van der Waals surface area contributed by atoms with Crippen LogP contribution in [-0.2, 0) is 20.9 Å². The van der Waals surface area contributed by atoms with E-state index in [1.807, 2.05) is 24.3 Å². The Morgan fingerprint density at radius 1 is 1.03 bits per heavy atom. The summed E-state index contributed by atoms with van der Waals surface area (Å²) in [6, 6.07) is 11.3. The summed E-state index contributed by atoms with van der Waals surface area (Å²) in [5.74, 6) is -4.90. The third kappa shape index (κ3) is 6.56. The van der Waals surface area contributed by atoms with Gasteiger partial charge in [-0.25, -0.2) is 23.4 Å². The molecule has 174 valence electrons. The smallest absolute Gasteiger partial charge is 0.414 e. The van der Waals surface area contributed by atoms with Crippen LogP contribution < -0.4 is 5.32 Å². The van der Waals surface area contributed by atoms with E-state index in [1.54, 1.807) is 0 Å². The van der Waals surface area contributed by atoms with Crippen LogP contribution in [0, 0.1) is 17.6 Å². The van der Waals surface area contributed by atoms with E-state index in [2.05, 4.69) is 20.2 Å². The first-order valence-corrected chi connectivity index (χ1v) is 10.1. The Balaban J connectivity index is 0.000000454. The molecule has 9 nitrogen and oxygen atoms in total. The first-order chi connectivity index (χ1) is 15.7. The Hall–Kier alpha value is -3.86. The summed E-state index contributed by atoms with van der Waals surface area (Å²) in [7, 11) is 0. The second-order valence-electron chi connectivity index (χ2n) is 7.48. The number of carboxylic acid groups (broad SMARTS) is 2. The molecule has 33 heavy (non-hydrogen) atoms. The predicted molar refractivity (Wildman–Crippen MR) is 114 cm³/mol. The molecule has 1 amide bonds. The molecule has 4 N–H and O–H groups in total. The summed E-state index contributed by atoms with van der Waals surface area (Å²) in [5, 5.41) is 17.5. The maximum Gasteiger partial charge on any atom is 0.414 e. The molecule has 1 saturated heterocycles. The van der Waals surface area contributed by atoms with Gasteiger partial charge in [0.15, 0.2) is 11.6 Å². The summed E-state index contributed by atoms with van der Waals surface area (Å²) < 4.78 is 26.2. The molecule has 0 spiro atoms. The van der Waals surface area contributed by atoms with Crippen molar-refractivity contribution in [3.63, 3.8) is 0 Å². The Bertz CT molecular complexity index is 1110. The van der Waals surface area contributed by atoms with Crippen LogP contribution in [0.1, 0.15) is 18.7 Å². The predicted octanol–water partition coefficient (Wildman–Crippen LogP) is 2.85. The fraction of sp³-hybridized carbons (Fsp3) is 0.273. The monoisotopic (exact) mass is 460 g/mol. The molecule has 0 atom stereocenters. The van der Waals surface area contributed by atoms with E-state index < -0.39 is 23.6 Å². The quantitative estimate of drug-likeness (QED) is 0.440. The number of amides is 1. The highest BCUT2D eigenvalue weighted by Crippen LogP contribution is 2.22. The number of fused-ring (bicyclic) bond motifs is 1. The molecule has 0 bridgehead atoms. The highest BCUT2D eigenvalue weighted by Gasteiger charge is 2.25. The number of imidazole rings is 1. The molecule has 4 rings (SSSR count). The highest BCUT2D eigenvalue weighted by atomic mass is 19.2. The molecule has 2 aromatic carbocycles. The number of aliphatic carboxylic acids is 2. The number of anilines is 1. The fourth-order valence-electron chi connectivity index (χ4n) is 3.46. The zero-order chi connectivity index (χ0) is 24.0. The molecule has 1 fully saturated rings. The van der Waals surface area contributed by atoms with Crippen LogP contribution in [0.25, 0.3) is 11.0 Å². The second kappa shape index (κ2) is 10.6. The highest BCUT2D eigenvalue weighted by molar-refractivity contribution is 6.27. The van der Waals surface area contributed by atoms with Gasteiger partial charge < -0.3 is 20.5 Å². The van der Waals surface area contributed by atoms with Crippen molar-refractivity contribution in [2.45, 2.75) is 19.4 Å². The van der Waals surface area contributed by atoms with Crippen molar-refractivity contribution in [2.24, 2.45) is 5.92 Å². The Morgan fingerprint density at radius 2 is 1.70 bits per heavy atom. The summed E-state index contributed by atoms with van der Waals surface area (Å²) in [6.45, 7) is 2.28. The van der Waals surface area contributed by atoms with Crippen LogP contribution in [-0.4, -0.2) is 56.0 Å². The second-order valence-corrected chi connectivity index (χ2v) is 7.48. The van der Waals surface area contributed by atoms with Gasteiger partial charge in [0.1, 0.15) is 5.82 Å². The van der Waals surface area contributed by atoms with Crippen LogP contribution in [0.5, 0.6) is 0 Å². The Kier molecular flexibility index (Phi) is 7.67. The fourth-order valence-corrected chi connectivity index (χ4v) is 3.46. The van der Waals surface area contributed by atoms with E-state index in [1.165, 1.54) is 6.07 Å². The van der Waals surface area contributed by atoms with Crippen molar-refractivity contribution in [1.29, 1.82) is 0 Å². The molecule has 0 saturated carbocycles. The van der Waals surface area contributed by atoms with E-state index in [-0.39, 0.29) is 17.5 Å². The van der Waals surface area contributed by atoms with Gasteiger partial charge in [-0.05, 0) is 50.2 Å². The molecule has 3 aromatic rings. The lowest BCUT2D eigenvalue weighted by Gasteiger charge is -2.30. The number of carbonyl (C=O) groups is 3. The van der Waals surface area contributed by atoms with Crippen molar-refractivity contribution in [3.05, 3.63) is 59.9 Å². The minimum absolute atomic E-state index is 0.134. The van der Waals surface area contributed by atoms with Crippen LogP contribution >= 0.6 is 0 Å². The van der Waals surface area contributed by atoms with Crippen molar-refractivity contribution < 1.29 is 33.4 Å². The van der Waals surface area contributed by atoms with Gasteiger partial charge >= 0.3 is 11.9 Å². The number of benzene rings is 2. The van der Waals surface area contributed by atoms with Crippen LogP contribution in [0.3, 0.4) is 0 Å². The number of para-hydroxylation sites is 2. The normalized spacial score (nSPS) is 14.4. The number of piperidine rings is 1. The first kappa shape index (κ1) is 23.8. The molecule has 1 aromatic heterocycles. The molecule has 0 unspecified atom stereocenters. The molecule has 1 aliphatic heterocycles. The van der Waals surface area contributed by atoms with E-state index in [9.17, 15) is 13.6 Å². The van der Waals surface area contributed by atoms with Gasteiger partial charge in [-0.15, -0.1) is 0 Å². The van der Waals surface area contributed by atoms with E-state index in [0.29, 0.717) is 6.54 Å². The van der Waals surface area contributed by atoms with Gasteiger partial charge in [0.05, 0.1) is 17.6 Å². The number of nitrogens with one attached hydrogen (secondary N) is 2. The number of halogens is 2. The third-order valence-electron chi connectivity index (χ3n) is 5.14. The first-order valence-electron chi connectivity index (χ1n) is 10.1. The SMILES string of the molecule is O=C(Nc1ccc(F)c(F)c1)C1CCN(Cc2nc3ccccc3[nH]2)CC1.O=C(O)C(=O)O. The van der Waals surface area contributed by atoms with Crippen LogP contribution in [0.4, 0.5) is 14.5 Å². The number of aromatic amines is 1. The lowest BCUT2D eigenvalue weighted by atomic mass is 9.96. The van der Waals surface area contributed by atoms with Gasteiger partial charge in [0.25, 0.3) is 0 Å². The number of hydrogen-bond donors (Lipinski definition) is 4. The lowest BCUT2D eigenvalue weighted by Crippen LogP contribution is -2.38. The molecular formula is C22H22F2N4O5. The average molecular weight is 460 g/mol. The maximum absolute atomic E-state index is 13.3. The van der Waals surface area contributed by atoms with Crippen molar-refractivity contribution in [2.75, 3.05) is 18.4 Å². The molecule has 1 aliphatic rings. The molecule has 2 heterocycles. The summed E-state index contributed by atoms with van der Waals surface area (Å²) in [6.07, 6.45) is 1.44. The number of carboxylic acids is 2. The summed E-state index contributed by atoms with van der Waals surface area (Å²) in [4.78, 5) is 40.8. The van der Waals surface area contributed by atoms with E-state index in [4.69, 9.17) is 19.8 Å². The van der Waals surface area contributed by atoms with Crippen LogP contribution in [0.2, 0.25) is 0 Å². The minimum Gasteiger partial charge on any atom is -0.473 e. The topological polar surface area (TPSA) is 136 Å². The largest absolute Gasteiger partial charge is 0.473 e. The number of nitrogens with zero attached hydrogens (tertiary/aromatic N) is 2. The van der Waals surface area contributed by atoms with Gasteiger partial charge in [-0.3, -0.25) is 9.69 Å². The maximum atomic E-state index is 13.3. The van der Waals surface area contributed by atoms with Gasteiger partial charge in [-0.1, -0.05) is 12.1 Å². The van der Waals surface area contributed by atoms with Crippen LogP contribution in [0.15, 0.2) is 42.5 Å². The zero-order valence-electron chi connectivity index (χ0n) is 17.4. The van der Waals surface area contributed by atoms with Gasteiger partial charge in [0.2, 0.25) is 5.91 Å². The van der Waals surface area contributed by atoms with E-state index >= 15 is 0 Å².